The van der Waals surface area contributed by atoms with Crippen molar-refractivity contribution in [1.29, 1.82) is 0 Å². The van der Waals surface area contributed by atoms with E-state index in [0.717, 1.165) is 12.3 Å². The molecule has 1 aliphatic heterocycles. The first-order valence-electron chi connectivity index (χ1n) is 6.77. The fourth-order valence-electron chi connectivity index (χ4n) is 2.08. The average molecular weight is 321 g/mol. The van der Waals surface area contributed by atoms with Crippen LogP contribution in [-0.2, 0) is 19.4 Å². The van der Waals surface area contributed by atoms with Crippen molar-refractivity contribution in [2.75, 3.05) is 37.5 Å². The van der Waals surface area contributed by atoms with Gasteiger partial charge in [-0.15, -0.1) is 0 Å². The van der Waals surface area contributed by atoms with Crippen LogP contribution in [0.5, 0.6) is 0 Å². The van der Waals surface area contributed by atoms with Gasteiger partial charge < -0.3 is 4.74 Å². The predicted octanol–water partition coefficient (Wildman–Crippen LogP) is 1.31. The SMILES string of the molecule is CCC(=CCN1CCSCC1S(=O)(=O)CC)C(=O)OC. The summed E-state index contributed by atoms with van der Waals surface area (Å²) in [7, 11) is -1.74. The van der Waals surface area contributed by atoms with Crippen LogP contribution < -0.4 is 0 Å². The zero-order valence-electron chi connectivity index (χ0n) is 12.3. The van der Waals surface area contributed by atoms with Crippen molar-refractivity contribution < 1.29 is 17.9 Å². The van der Waals surface area contributed by atoms with E-state index < -0.39 is 15.2 Å². The lowest BCUT2D eigenvalue weighted by molar-refractivity contribution is -0.136. The highest BCUT2D eigenvalue weighted by Gasteiger charge is 2.32. The zero-order chi connectivity index (χ0) is 15.2. The number of carbonyl (C=O) groups excluding carboxylic acids is 1. The molecule has 0 radical (unpaired) electrons. The lowest BCUT2D eigenvalue weighted by atomic mass is 10.2. The number of thioether (sulfide) groups is 1. The maximum absolute atomic E-state index is 12.1. The Hall–Kier alpha value is -0.530. The molecule has 1 rings (SSSR count). The molecule has 0 aromatic heterocycles. The molecule has 0 saturated carbocycles. The first-order chi connectivity index (χ1) is 9.46. The minimum absolute atomic E-state index is 0.149. The summed E-state index contributed by atoms with van der Waals surface area (Å²) in [5.41, 5.74) is 0.596. The largest absolute Gasteiger partial charge is 0.466 e. The van der Waals surface area contributed by atoms with Crippen LogP contribution in [0.25, 0.3) is 0 Å². The average Bonchev–Trinajstić information content (AvgIpc) is 2.47. The van der Waals surface area contributed by atoms with Gasteiger partial charge >= 0.3 is 5.97 Å². The highest BCUT2D eigenvalue weighted by molar-refractivity contribution is 8.01. The fraction of sp³-hybridized carbons (Fsp3) is 0.769. The first-order valence-corrected chi connectivity index (χ1v) is 9.64. The second-order valence-corrected chi connectivity index (χ2v) is 8.15. The molecule has 1 atom stereocenters. The zero-order valence-corrected chi connectivity index (χ0v) is 13.9. The lowest BCUT2D eigenvalue weighted by Gasteiger charge is -2.33. The number of methoxy groups -OCH3 is 1. The Balaban J connectivity index is 2.82. The van der Waals surface area contributed by atoms with Crippen LogP contribution >= 0.6 is 11.8 Å². The summed E-state index contributed by atoms with van der Waals surface area (Å²) in [5.74, 6) is 1.33. The maximum atomic E-state index is 12.1. The third-order valence-corrected chi connectivity index (χ3v) is 6.74. The van der Waals surface area contributed by atoms with Crippen LogP contribution in [0.3, 0.4) is 0 Å². The summed E-state index contributed by atoms with van der Waals surface area (Å²) in [6.07, 6.45) is 2.38. The summed E-state index contributed by atoms with van der Waals surface area (Å²) in [6, 6.07) is 0. The van der Waals surface area contributed by atoms with E-state index in [0.29, 0.717) is 24.3 Å². The van der Waals surface area contributed by atoms with Gasteiger partial charge in [-0.25, -0.2) is 13.2 Å². The summed E-state index contributed by atoms with van der Waals surface area (Å²) in [5, 5.41) is -0.446. The maximum Gasteiger partial charge on any atom is 0.333 e. The van der Waals surface area contributed by atoms with Crippen molar-refractivity contribution in [3.63, 3.8) is 0 Å². The molecule has 1 heterocycles. The number of rotatable bonds is 6. The summed E-state index contributed by atoms with van der Waals surface area (Å²) in [6.45, 7) is 4.76. The molecule has 0 spiro atoms. The fourth-order valence-corrected chi connectivity index (χ4v) is 5.17. The number of carbonyl (C=O) groups is 1. The first kappa shape index (κ1) is 17.5. The molecule has 0 bridgehead atoms. The summed E-state index contributed by atoms with van der Waals surface area (Å²) >= 11 is 1.67. The normalized spacial score (nSPS) is 21.8. The summed E-state index contributed by atoms with van der Waals surface area (Å²) in [4.78, 5) is 13.5. The molecule has 0 aromatic rings. The van der Waals surface area contributed by atoms with Gasteiger partial charge in [-0.05, 0) is 6.42 Å². The van der Waals surface area contributed by atoms with Crippen molar-refractivity contribution in [2.45, 2.75) is 25.6 Å². The summed E-state index contributed by atoms with van der Waals surface area (Å²) < 4.78 is 28.9. The van der Waals surface area contributed by atoms with E-state index >= 15 is 0 Å². The smallest absolute Gasteiger partial charge is 0.333 e. The van der Waals surface area contributed by atoms with E-state index in [2.05, 4.69) is 0 Å². The van der Waals surface area contributed by atoms with Crippen molar-refractivity contribution in [1.82, 2.24) is 4.90 Å². The van der Waals surface area contributed by atoms with E-state index in [1.165, 1.54) is 7.11 Å². The minimum Gasteiger partial charge on any atom is -0.466 e. The van der Waals surface area contributed by atoms with Gasteiger partial charge in [-0.1, -0.05) is 19.9 Å². The van der Waals surface area contributed by atoms with Gasteiger partial charge in [0.05, 0.1) is 7.11 Å². The number of hydrogen-bond donors (Lipinski definition) is 0. The quantitative estimate of drug-likeness (QED) is 0.543. The Morgan fingerprint density at radius 3 is 2.70 bits per heavy atom. The molecule has 5 nitrogen and oxygen atoms in total. The van der Waals surface area contributed by atoms with Crippen molar-refractivity contribution in [3.05, 3.63) is 11.6 Å². The lowest BCUT2D eigenvalue weighted by Crippen LogP contribution is -2.47. The van der Waals surface area contributed by atoms with Crippen molar-refractivity contribution in [2.24, 2.45) is 0 Å². The molecule has 116 valence electrons. The Morgan fingerprint density at radius 2 is 2.15 bits per heavy atom. The second kappa shape index (κ2) is 8.05. The minimum atomic E-state index is -3.09. The van der Waals surface area contributed by atoms with E-state index in [-0.39, 0.29) is 11.7 Å². The molecule has 0 N–H and O–H groups in total. The second-order valence-electron chi connectivity index (χ2n) is 4.55. The number of ether oxygens (including phenoxy) is 1. The molecule has 0 aromatic carbocycles. The predicted molar refractivity (Wildman–Crippen MR) is 82.5 cm³/mol. The Kier molecular flexibility index (Phi) is 7.05. The van der Waals surface area contributed by atoms with E-state index in [1.54, 1.807) is 24.8 Å². The molecule has 0 aliphatic carbocycles. The Morgan fingerprint density at radius 1 is 1.45 bits per heavy atom. The molecular weight excluding hydrogens is 298 g/mol. The number of nitrogens with zero attached hydrogens (tertiary/aromatic N) is 1. The van der Waals surface area contributed by atoms with Crippen LogP contribution in [0, 0.1) is 0 Å². The topological polar surface area (TPSA) is 63.7 Å². The molecule has 1 unspecified atom stereocenters. The van der Waals surface area contributed by atoms with Crippen molar-refractivity contribution in [3.8, 4) is 0 Å². The van der Waals surface area contributed by atoms with Gasteiger partial charge in [0.15, 0.2) is 9.84 Å². The molecular formula is C13H23NO4S2. The van der Waals surface area contributed by atoms with Gasteiger partial charge in [0.25, 0.3) is 0 Å². The molecule has 7 heteroatoms. The third kappa shape index (κ3) is 4.49. The van der Waals surface area contributed by atoms with Gasteiger partial charge in [0.2, 0.25) is 0 Å². The van der Waals surface area contributed by atoms with Crippen LogP contribution in [0.4, 0.5) is 0 Å². The number of esters is 1. The van der Waals surface area contributed by atoms with Crippen molar-refractivity contribution >= 4 is 27.6 Å². The van der Waals surface area contributed by atoms with Crippen LogP contribution in [0.1, 0.15) is 20.3 Å². The van der Waals surface area contributed by atoms with Gasteiger partial charge in [-0.3, -0.25) is 4.90 Å². The van der Waals surface area contributed by atoms with E-state index in [1.807, 2.05) is 11.8 Å². The van der Waals surface area contributed by atoms with E-state index in [9.17, 15) is 13.2 Å². The van der Waals surface area contributed by atoms with Gasteiger partial charge in [-0.2, -0.15) is 11.8 Å². The van der Waals surface area contributed by atoms with Crippen LogP contribution in [-0.4, -0.2) is 62.1 Å². The Labute approximate surface area is 125 Å². The molecule has 0 amide bonds. The highest BCUT2D eigenvalue weighted by atomic mass is 32.2. The van der Waals surface area contributed by atoms with Gasteiger partial charge in [0.1, 0.15) is 5.37 Å². The van der Waals surface area contributed by atoms with E-state index in [4.69, 9.17) is 4.74 Å². The standard InChI is InChI=1S/C13H23NO4S2/c1-4-11(13(15)18-3)6-7-14-8-9-19-10-12(14)20(16,17)5-2/h6,12H,4-5,7-10H2,1-3H3. The van der Waals surface area contributed by atoms with Crippen LogP contribution in [0.15, 0.2) is 11.6 Å². The molecule has 1 fully saturated rings. The third-order valence-electron chi connectivity index (χ3n) is 3.41. The molecule has 1 aliphatic rings. The highest BCUT2D eigenvalue weighted by Crippen LogP contribution is 2.21. The molecule has 1 saturated heterocycles. The Bertz CT molecular complexity index is 459. The van der Waals surface area contributed by atoms with Gasteiger partial charge in [0, 0.05) is 35.9 Å². The number of sulfone groups is 1. The monoisotopic (exact) mass is 321 g/mol. The van der Waals surface area contributed by atoms with Crippen LogP contribution in [0.2, 0.25) is 0 Å². The molecule has 20 heavy (non-hydrogen) atoms. The number of hydrogen-bond acceptors (Lipinski definition) is 6.